The molecule has 1 aromatic carbocycles. The fraction of sp³-hybridized carbons (Fsp3) is 0.613. The van der Waals surface area contributed by atoms with E-state index < -0.39 is 68.0 Å². The van der Waals surface area contributed by atoms with Gasteiger partial charge in [0, 0.05) is 22.6 Å². The second-order valence-corrected chi connectivity index (χ2v) is 16.5. The number of rotatable bonds is 10. The van der Waals surface area contributed by atoms with E-state index in [0.717, 1.165) is 35.8 Å². The van der Waals surface area contributed by atoms with E-state index in [1.807, 2.05) is 49.9 Å². The molecular formula is C31H42BrN5O7S. The quantitative estimate of drug-likeness (QED) is 0.314. The molecule has 4 fully saturated rings. The van der Waals surface area contributed by atoms with E-state index in [2.05, 4.69) is 37.9 Å². The van der Waals surface area contributed by atoms with Gasteiger partial charge in [-0.1, -0.05) is 42.8 Å². The zero-order chi connectivity index (χ0) is 32.7. The van der Waals surface area contributed by atoms with Crippen LogP contribution in [0.1, 0.15) is 65.7 Å². The van der Waals surface area contributed by atoms with Crippen molar-refractivity contribution in [2.75, 3.05) is 18.1 Å². The second-order valence-electron chi connectivity index (χ2n) is 13.6. The molecule has 3 N–H and O–H groups in total. The number of alkyl carbamates (subject to hydrolysis) is 1. The van der Waals surface area contributed by atoms with Crippen molar-refractivity contribution >= 4 is 55.5 Å². The van der Waals surface area contributed by atoms with Gasteiger partial charge in [-0.15, -0.1) is 6.58 Å². The molecule has 246 valence electrons. The molecule has 3 saturated carbocycles. The summed E-state index contributed by atoms with van der Waals surface area (Å²) in [5.74, 6) is -2.36. The predicted molar refractivity (Wildman–Crippen MR) is 171 cm³/mol. The van der Waals surface area contributed by atoms with Gasteiger partial charge in [0.2, 0.25) is 21.8 Å². The maximum Gasteiger partial charge on any atom is 0.408 e. The molecule has 4 aliphatic rings. The number of amides is 4. The van der Waals surface area contributed by atoms with Crippen LogP contribution >= 0.6 is 15.9 Å². The molecule has 0 aromatic heterocycles. The molecule has 5 rings (SSSR count). The number of ether oxygens (including phenoxy) is 1. The number of nitrogens with one attached hydrogen (secondary N) is 3. The molecular weight excluding hydrogens is 666 g/mol. The summed E-state index contributed by atoms with van der Waals surface area (Å²) in [6.45, 7) is 9.38. The molecule has 4 atom stereocenters. The van der Waals surface area contributed by atoms with Gasteiger partial charge in [-0.25, -0.2) is 13.2 Å². The lowest BCUT2D eigenvalue weighted by atomic mass is 9.85. The van der Waals surface area contributed by atoms with Gasteiger partial charge < -0.3 is 25.2 Å². The van der Waals surface area contributed by atoms with Crippen LogP contribution in [0, 0.1) is 11.3 Å². The van der Waals surface area contributed by atoms with E-state index in [1.165, 1.54) is 11.0 Å². The lowest BCUT2D eigenvalue weighted by Gasteiger charge is -2.35. The summed E-state index contributed by atoms with van der Waals surface area (Å²) in [5.41, 5.74) is -1.46. The van der Waals surface area contributed by atoms with Crippen molar-refractivity contribution in [3.63, 3.8) is 0 Å². The summed E-state index contributed by atoms with van der Waals surface area (Å²) >= 11 is 3.43. The van der Waals surface area contributed by atoms with E-state index in [9.17, 15) is 27.6 Å². The Labute approximate surface area is 272 Å². The Bertz CT molecular complexity index is 1450. The Balaban J connectivity index is 1.39. The standard InChI is InChI=1S/C31H42BrN5O7S/c1-5-19-16-31(19,28(40)35-45(42,43)23-14-15-23)34-26(38)24-17-36(21-12-10-20(32)11-13-21)18-37(24)27(39)25(30(2,3)4)33-29(41)44-22-8-6-7-9-22/h5,10-13,19,22-25H,1,6-9,14-18H2,2-4H3,(H,33,41)(H,34,38)(H,35,40)/t19-,24+,25-,31-/m1/s1. The highest BCUT2D eigenvalue weighted by Crippen LogP contribution is 2.45. The molecule has 1 saturated heterocycles. The summed E-state index contributed by atoms with van der Waals surface area (Å²) in [7, 11) is -3.85. The second kappa shape index (κ2) is 12.6. The Kier molecular flexibility index (Phi) is 9.29. The third-order valence-corrected chi connectivity index (χ3v) is 11.4. The van der Waals surface area contributed by atoms with E-state index >= 15 is 0 Å². The van der Waals surface area contributed by atoms with Gasteiger partial charge in [0.05, 0.1) is 11.9 Å². The maximum absolute atomic E-state index is 14.3. The lowest BCUT2D eigenvalue weighted by molar-refractivity contribution is -0.142. The summed E-state index contributed by atoms with van der Waals surface area (Å²) < 4.78 is 33.8. The molecule has 1 heterocycles. The minimum Gasteiger partial charge on any atom is -0.446 e. The average Bonchev–Trinajstić information content (AvgIpc) is 3.84. The topological polar surface area (TPSA) is 154 Å². The van der Waals surface area contributed by atoms with Crippen LogP contribution in [0.3, 0.4) is 0 Å². The van der Waals surface area contributed by atoms with E-state index in [0.29, 0.717) is 12.8 Å². The molecule has 1 aliphatic heterocycles. The van der Waals surface area contributed by atoms with Gasteiger partial charge in [-0.3, -0.25) is 19.1 Å². The molecule has 0 unspecified atom stereocenters. The Hall–Kier alpha value is -3.13. The van der Waals surface area contributed by atoms with Crippen molar-refractivity contribution in [3.8, 4) is 0 Å². The van der Waals surface area contributed by atoms with Crippen molar-refractivity contribution in [1.29, 1.82) is 0 Å². The molecule has 0 radical (unpaired) electrons. The van der Waals surface area contributed by atoms with Crippen LogP contribution in [-0.2, 0) is 29.1 Å². The molecule has 4 amide bonds. The minimum absolute atomic E-state index is 0.0463. The number of hydrogen-bond donors (Lipinski definition) is 3. The first-order valence-corrected chi connectivity index (χ1v) is 17.8. The van der Waals surface area contributed by atoms with Crippen LogP contribution in [0.2, 0.25) is 0 Å². The van der Waals surface area contributed by atoms with E-state index in [4.69, 9.17) is 4.74 Å². The van der Waals surface area contributed by atoms with Gasteiger partial charge in [-0.2, -0.15) is 0 Å². The van der Waals surface area contributed by atoms with Crippen LogP contribution in [-0.4, -0.2) is 79.3 Å². The van der Waals surface area contributed by atoms with Crippen molar-refractivity contribution in [2.24, 2.45) is 11.3 Å². The third kappa shape index (κ3) is 7.32. The van der Waals surface area contributed by atoms with Crippen LogP contribution < -0.4 is 20.3 Å². The van der Waals surface area contributed by atoms with Crippen molar-refractivity contribution in [2.45, 2.75) is 94.7 Å². The van der Waals surface area contributed by atoms with Gasteiger partial charge >= 0.3 is 6.09 Å². The Morgan fingerprint density at radius 1 is 1.09 bits per heavy atom. The van der Waals surface area contributed by atoms with Crippen LogP contribution in [0.5, 0.6) is 0 Å². The molecule has 12 nitrogen and oxygen atoms in total. The van der Waals surface area contributed by atoms with E-state index in [-0.39, 0.29) is 25.7 Å². The SMILES string of the molecule is C=C[C@@H]1C[C@]1(NC(=O)[C@@H]1CN(c2ccc(Br)cc2)CN1C(=O)[C@@H](NC(=O)OC1CCCC1)C(C)(C)C)C(=O)NS(=O)(=O)C1CC1. The highest BCUT2D eigenvalue weighted by atomic mass is 79.9. The normalized spacial score (nSPS) is 25.8. The fourth-order valence-corrected chi connectivity index (χ4v) is 7.71. The molecule has 0 bridgehead atoms. The largest absolute Gasteiger partial charge is 0.446 e. The van der Waals surface area contributed by atoms with Gasteiger partial charge in [0.1, 0.15) is 23.7 Å². The molecule has 3 aliphatic carbocycles. The molecule has 0 spiro atoms. The van der Waals surface area contributed by atoms with E-state index in [1.54, 1.807) is 0 Å². The van der Waals surface area contributed by atoms with Gasteiger partial charge in [0.15, 0.2) is 0 Å². The summed E-state index contributed by atoms with van der Waals surface area (Å²) in [5, 5.41) is 4.95. The van der Waals surface area contributed by atoms with Crippen LogP contribution in [0.4, 0.5) is 10.5 Å². The minimum atomic E-state index is -3.85. The Morgan fingerprint density at radius 3 is 2.29 bits per heavy atom. The third-order valence-electron chi connectivity index (χ3n) is 9.07. The number of hydrogen-bond acceptors (Lipinski definition) is 8. The average molecular weight is 709 g/mol. The number of sulfonamides is 1. The van der Waals surface area contributed by atoms with Crippen molar-refractivity contribution in [1.82, 2.24) is 20.3 Å². The number of carbonyl (C=O) groups is 4. The first kappa shape index (κ1) is 33.2. The molecule has 1 aromatic rings. The van der Waals surface area contributed by atoms with Crippen LogP contribution in [0.25, 0.3) is 0 Å². The number of halogens is 1. The maximum atomic E-state index is 14.3. The lowest BCUT2D eigenvalue weighted by Crippen LogP contribution is -2.60. The number of nitrogens with zero attached hydrogens (tertiary/aromatic N) is 2. The summed E-state index contributed by atoms with van der Waals surface area (Å²) in [6.07, 6.45) is 5.31. The number of anilines is 1. The van der Waals surface area contributed by atoms with Crippen LogP contribution in [0.15, 0.2) is 41.4 Å². The predicted octanol–water partition coefficient (Wildman–Crippen LogP) is 3.18. The fourth-order valence-electron chi connectivity index (χ4n) is 6.08. The number of benzene rings is 1. The highest BCUT2D eigenvalue weighted by Gasteiger charge is 2.62. The zero-order valence-corrected chi connectivity index (χ0v) is 28.3. The number of carbonyl (C=O) groups excluding carboxylic acids is 4. The molecule has 14 heteroatoms. The summed E-state index contributed by atoms with van der Waals surface area (Å²) in [6, 6.07) is 5.36. The van der Waals surface area contributed by atoms with Crippen molar-refractivity contribution in [3.05, 3.63) is 41.4 Å². The monoisotopic (exact) mass is 707 g/mol. The molecule has 45 heavy (non-hydrogen) atoms. The zero-order valence-electron chi connectivity index (χ0n) is 25.9. The summed E-state index contributed by atoms with van der Waals surface area (Å²) in [4.78, 5) is 57.8. The van der Waals surface area contributed by atoms with Gasteiger partial charge in [-0.05, 0) is 74.6 Å². The smallest absolute Gasteiger partial charge is 0.408 e. The van der Waals surface area contributed by atoms with Gasteiger partial charge in [0.25, 0.3) is 5.91 Å². The first-order chi connectivity index (χ1) is 21.1. The Morgan fingerprint density at radius 2 is 1.73 bits per heavy atom. The van der Waals surface area contributed by atoms with Crippen molar-refractivity contribution < 1.29 is 32.3 Å². The first-order valence-electron chi connectivity index (χ1n) is 15.4. The highest BCUT2D eigenvalue weighted by molar-refractivity contribution is 9.10.